The molecule has 76 valence electrons. The average molecular weight is 211 g/mol. The van der Waals surface area contributed by atoms with Crippen molar-refractivity contribution in [2.75, 3.05) is 0 Å². The summed E-state index contributed by atoms with van der Waals surface area (Å²) in [7, 11) is 0. The minimum absolute atomic E-state index is 0.0693. The Morgan fingerprint density at radius 3 is 2.36 bits per heavy atom. The predicted octanol–water partition coefficient (Wildman–Crippen LogP) is 0.601. The first kappa shape index (κ1) is 10.9. The summed E-state index contributed by atoms with van der Waals surface area (Å²) in [5.41, 5.74) is 7.45. The van der Waals surface area contributed by atoms with E-state index in [-0.39, 0.29) is 6.61 Å². The van der Waals surface area contributed by atoms with Crippen LogP contribution in [0.5, 0.6) is 0 Å². The maximum absolute atomic E-state index is 8.82. The number of benzene rings is 1. The summed E-state index contributed by atoms with van der Waals surface area (Å²) >= 11 is 1.38. The van der Waals surface area contributed by atoms with Crippen molar-refractivity contribution >= 4 is 16.9 Å². The SMILES string of the molecule is N/N=C(/N)SCc1ccc(CO)cc1. The molecule has 0 spiro atoms. The maximum Gasteiger partial charge on any atom is 0.177 e. The van der Waals surface area contributed by atoms with Crippen LogP contribution < -0.4 is 11.6 Å². The molecule has 0 saturated carbocycles. The second-order valence-corrected chi connectivity index (χ2v) is 3.73. The lowest BCUT2D eigenvalue weighted by Crippen LogP contribution is -2.09. The highest BCUT2D eigenvalue weighted by molar-refractivity contribution is 8.13. The van der Waals surface area contributed by atoms with Crippen LogP contribution in [0.1, 0.15) is 11.1 Å². The Labute approximate surface area is 87.0 Å². The number of hydrogen-bond donors (Lipinski definition) is 3. The van der Waals surface area contributed by atoms with Crippen LogP contribution in [0.3, 0.4) is 0 Å². The highest BCUT2D eigenvalue weighted by Crippen LogP contribution is 2.12. The molecule has 0 atom stereocenters. The summed E-state index contributed by atoms with van der Waals surface area (Å²) in [6.07, 6.45) is 0. The zero-order valence-electron chi connectivity index (χ0n) is 7.68. The molecule has 0 bridgehead atoms. The van der Waals surface area contributed by atoms with Crippen molar-refractivity contribution in [3.8, 4) is 0 Å². The first-order valence-electron chi connectivity index (χ1n) is 4.11. The van der Waals surface area contributed by atoms with Crippen LogP contribution in [0.25, 0.3) is 0 Å². The molecule has 0 unspecified atom stereocenters. The van der Waals surface area contributed by atoms with E-state index in [1.807, 2.05) is 24.3 Å². The predicted molar refractivity (Wildman–Crippen MR) is 59.5 cm³/mol. The van der Waals surface area contributed by atoms with Gasteiger partial charge in [-0.25, -0.2) is 0 Å². The number of amidine groups is 1. The summed E-state index contributed by atoms with van der Waals surface area (Å²) in [5.74, 6) is 5.73. The molecule has 5 N–H and O–H groups in total. The molecule has 0 aliphatic heterocycles. The normalized spacial score (nSPS) is 11.6. The van der Waals surface area contributed by atoms with Crippen LogP contribution in [0, 0.1) is 0 Å². The molecule has 1 aromatic rings. The zero-order chi connectivity index (χ0) is 10.4. The van der Waals surface area contributed by atoms with Gasteiger partial charge in [-0.2, -0.15) is 5.10 Å². The fourth-order valence-electron chi connectivity index (χ4n) is 0.935. The topological polar surface area (TPSA) is 84.6 Å². The molecule has 0 aromatic heterocycles. The highest BCUT2D eigenvalue weighted by Gasteiger charge is 1.96. The number of hydrogen-bond acceptors (Lipinski definition) is 4. The van der Waals surface area contributed by atoms with Crippen molar-refractivity contribution in [1.82, 2.24) is 0 Å². The van der Waals surface area contributed by atoms with Gasteiger partial charge < -0.3 is 16.7 Å². The fourth-order valence-corrected chi connectivity index (χ4v) is 1.52. The van der Waals surface area contributed by atoms with Crippen molar-refractivity contribution in [2.24, 2.45) is 16.7 Å². The molecule has 4 nitrogen and oxygen atoms in total. The smallest absolute Gasteiger partial charge is 0.177 e. The average Bonchev–Trinajstić information content (AvgIpc) is 2.26. The van der Waals surface area contributed by atoms with E-state index in [1.54, 1.807) is 0 Å². The maximum atomic E-state index is 8.82. The molecule has 0 fully saturated rings. The van der Waals surface area contributed by atoms with Crippen molar-refractivity contribution in [2.45, 2.75) is 12.4 Å². The molecular formula is C9H13N3OS. The van der Waals surface area contributed by atoms with Crippen LogP contribution in [-0.2, 0) is 12.4 Å². The largest absolute Gasteiger partial charge is 0.392 e. The molecule has 0 saturated heterocycles. The number of nitrogens with zero attached hydrogens (tertiary/aromatic N) is 1. The third-order valence-electron chi connectivity index (χ3n) is 1.72. The van der Waals surface area contributed by atoms with Gasteiger partial charge in [0.1, 0.15) is 0 Å². The van der Waals surface area contributed by atoms with Crippen LogP contribution >= 0.6 is 11.8 Å². The van der Waals surface area contributed by atoms with E-state index >= 15 is 0 Å². The molecule has 0 amide bonds. The van der Waals surface area contributed by atoms with Gasteiger partial charge in [0.2, 0.25) is 0 Å². The lowest BCUT2D eigenvalue weighted by molar-refractivity contribution is 0.282. The third kappa shape index (κ3) is 3.27. The van der Waals surface area contributed by atoms with Crippen molar-refractivity contribution in [3.05, 3.63) is 35.4 Å². The van der Waals surface area contributed by atoms with Gasteiger partial charge in [-0.05, 0) is 11.1 Å². The lowest BCUT2D eigenvalue weighted by Gasteiger charge is -2.01. The Hall–Kier alpha value is -1.20. The molecule has 0 radical (unpaired) electrons. The Morgan fingerprint density at radius 1 is 1.29 bits per heavy atom. The molecule has 14 heavy (non-hydrogen) atoms. The van der Waals surface area contributed by atoms with Crippen LogP contribution in [0.15, 0.2) is 29.4 Å². The van der Waals surface area contributed by atoms with Crippen LogP contribution in [-0.4, -0.2) is 10.3 Å². The molecule has 0 heterocycles. The zero-order valence-corrected chi connectivity index (χ0v) is 8.50. The quantitative estimate of drug-likeness (QED) is 0.296. The van der Waals surface area contributed by atoms with E-state index in [0.717, 1.165) is 16.9 Å². The Kier molecular flexibility index (Phi) is 4.28. The second-order valence-electron chi connectivity index (χ2n) is 2.73. The standard InChI is InChI=1S/C9H13N3OS/c10-9(12-11)14-6-8-3-1-7(5-13)2-4-8/h1-4,13H,5-6,11H2,(H2,10,12). The number of rotatable bonds is 3. The monoisotopic (exact) mass is 211 g/mol. The molecule has 1 rings (SSSR count). The van der Waals surface area contributed by atoms with E-state index in [9.17, 15) is 0 Å². The van der Waals surface area contributed by atoms with Crippen molar-refractivity contribution < 1.29 is 5.11 Å². The van der Waals surface area contributed by atoms with Crippen LogP contribution in [0.4, 0.5) is 0 Å². The minimum atomic E-state index is 0.0693. The third-order valence-corrected chi connectivity index (χ3v) is 2.60. The van der Waals surface area contributed by atoms with E-state index in [2.05, 4.69) is 5.10 Å². The van der Waals surface area contributed by atoms with Gasteiger partial charge in [0, 0.05) is 5.75 Å². The molecule has 5 heteroatoms. The summed E-state index contributed by atoms with van der Waals surface area (Å²) in [6.45, 7) is 0.0693. The van der Waals surface area contributed by atoms with Crippen molar-refractivity contribution in [1.29, 1.82) is 0 Å². The Morgan fingerprint density at radius 2 is 1.86 bits per heavy atom. The van der Waals surface area contributed by atoms with E-state index in [1.165, 1.54) is 11.8 Å². The molecule has 0 aliphatic carbocycles. The summed E-state index contributed by atoms with van der Waals surface area (Å²) < 4.78 is 0. The highest BCUT2D eigenvalue weighted by atomic mass is 32.2. The van der Waals surface area contributed by atoms with Gasteiger partial charge in [0.25, 0.3) is 0 Å². The van der Waals surface area contributed by atoms with Crippen molar-refractivity contribution in [3.63, 3.8) is 0 Å². The van der Waals surface area contributed by atoms with Gasteiger partial charge in [-0.1, -0.05) is 36.0 Å². The van der Waals surface area contributed by atoms with Crippen LogP contribution in [0.2, 0.25) is 0 Å². The number of hydrazone groups is 1. The Bertz CT molecular complexity index is 310. The summed E-state index contributed by atoms with van der Waals surface area (Å²) in [5, 5.41) is 12.5. The van der Waals surface area contributed by atoms with E-state index in [4.69, 9.17) is 16.7 Å². The van der Waals surface area contributed by atoms with Gasteiger partial charge >= 0.3 is 0 Å². The first-order valence-corrected chi connectivity index (χ1v) is 5.09. The lowest BCUT2D eigenvalue weighted by atomic mass is 10.2. The van der Waals surface area contributed by atoms with Gasteiger partial charge in [-0.3, -0.25) is 0 Å². The molecular weight excluding hydrogens is 198 g/mol. The molecule has 0 aliphatic rings. The van der Waals surface area contributed by atoms with E-state index < -0.39 is 0 Å². The summed E-state index contributed by atoms with van der Waals surface area (Å²) in [4.78, 5) is 0. The number of nitrogens with two attached hydrogens (primary N) is 2. The number of thioether (sulfide) groups is 1. The Balaban J connectivity index is 2.52. The van der Waals surface area contributed by atoms with Gasteiger partial charge in [0.05, 0.1) is 6.61 Å². The van der Waals surface area contributed by atoms with Gasteiger partial charge in [0.15, 0.2) is 5.17 Å². The fraction of sp³-hybridized carbons (Fsp3) is 0.222. The second kappa shape index (κ2) is 5.51. The number of aliphatic hydroxyl groups excluding tert-OH is 1. The molecule has 1 aromatic carbocycles. The number of aliphatic hydroxyl groups is 1. The minimum Gasteiger partial charge on any atom is -0.392 e. The van der Waals surface area contributed by atoms with Gasteiger partial charge in [-0.15, -0.1) is 0 Å². The summed E-state index contributed by atoms with van der Waals surface area (Å²) in [6, 6.07) is 7.65. The first-order chi connectivity index (χ1) is 6.76. The van der Waals surface area contributed by atoms with E-state index in [0.29, 0.717) is 5.17 Å².